The van der Waals surface area contributed by atoms with Crippen LogP contribution in [0.15, 0.2) is 24.3 Å². The van der Waals surface area contributed by atoms with Gasteiger partial charge in [0.1, 0.15) is 0 Å². The minimum absolute atomic E-state index is 0. The van der Waals surface area contributed by atoms with Crippen molar-refractivity contribution in [1.29, 1.82) is 5.26 Å². The van der Waals surface area contributed by atoms with E-state index in [4.69, 9.17) is 0 Å². The predicted octanol–water partition coefficient (Wildman–Crippen LogP) is 1.91. The van der Waals surface area contributed by atoms with E-state index < -0.39 is 0 Å². The second-order valence-electron chi connectivity index (χ2n) is 5.84. The molecule has 0 aliphatic carbocycles. The molecule has 1 aromatic rings. The van der Waals surface area contributed by atoms with Gasteiger partial charge in [0.05, 0.1) is 17.0 Å². The summed E-state index contributed by atoms with van der Waals surface area (Å²) in [4.78, 5) is 14.5. The first-order chi connectivity index (χ1) is 9.69. The zero-order valence-corrected chi connectivity index (χ0v) is 12.9. The van der Waals surface area contributed by atoms with Crippen LogP contribution in [0.3, 0.4) is 0 Å². The number of rotatable bonds is 1. The molecule has 0 bridgehead atoms. The molecule has 2 fully saturated rings. The van der Waals surface area contributed by atoms with Crippen molar-refractivity contribution in [3.63, 3.8) is 0 Å². The third-order valence-corrected chi connectivity index (χ3v) is 4.85. The summed E-state index contributed by atoms with van der Waals surface area (Å²) in [5, 5.41) is 12.7. The molecule has 1 N–H and O–H groups in total. The van der Waals surface area contributed by atoms with E-state index in [1.165, 1.54) is 0 Å². The van der Waals surface area contributed by atoms with Crippen molar-refractivity contribution in [2.75, 3.05) is 26.7 Å². The van der Waals surface area contributed by atoms with Crippen molar-refractivity contribution in [2.45, 2.75) is 18.8 Å². The van der Waals surface area contributed by atoms with Crippen LogP contribution in [-0.2, 0) is 4.79 Å². The van der Waals surface area contributed by atoms with E-state index in [1.807, 2.05) is 36.2 Å². The average molecular weight is 306 g/mol. The van der Waals surface area contributed by atoms with Crippen molar-refractivity contribution < 1.29 is 4.79 Å². The summed E-state index contributed by atoms with van der Waals surface area (Å²) in [7, 11) is 1.88. The lowest BCUT2D eigenvalue weighted by Gasteiger charge is -2.37. The fraction of sp³-hybridized carbons (Fsp3) is 0.500. The van der Waals surface area contributed by atoms with Crippen molar-refractivity contribution in [3.05, 3.63) is 35.4 Å². The molecule has 0 saturated carbocycles. The molecule has 2 aliphatic rings. The molecule has 4 nitrogen and oxygen atoms in total. The number of hydrogen-bond donors (Lipinski definition) is 1. The molecule has 2 saturated heterocycles. The van der Waals surface area contributed by atoms with Crippen molar-refractivity contribution >= 4 is 18.3 Å². The van der Waals surface area contributed by atoms with E-state index >= 15 is 0 Å². The summed E-state index contributed by atoms with van der Waals surface area (Å²) in [6, 6.07) is 10.00. The maximum absolute atomic E-state index is 12.7. The molecular weight excluding hydrogens is 286 g/mol. The van der Waals surface area contributed by atoms with E-state index in [1.54, 1.807) is 0 Å². The highest BCUT2D eigenvalue weighted by atomic mass is 35.5. The molecule has 1 amide bonds. The highest BCUT2D eigenvalue weighted by Gasteiger charge is 2.53. The van der Waals surface area contributed by atoms with Crippen molar-refractivity contribution in [3.8, 4) is 6.07 Å². The molecule has 3 rings (SSSR count). The van der Waals surface area contributed by atoms with Gasteiger partial charge in [-0.3, -0.25) is 4.79 Å². The van der Waals surface area contributed by atoms with Crippen LogP contribution in [0.2, 0.25) is 0 Å². The Hall–Kier alpha value is -1.57. The summed E-state index contributed by atoms with van der Waals surface area (Å²) in [5.41, 5.74) is 1.43. The molecule has 5 heteroatoms. The lowest BCUT2D eigenvalue weighted by molar-refractivity contribution is -0.136. The van der Waals surface area contributed by atoms with Crippen LogP contribution in [0.5, 0.6) is 0 Å². The van der Waals surface area contributed by atoms with Gasteiger partial charge in [0.15, 0.2) is 0 Å². The monoisotopic (exact) mass is 305 g/mol. The Bertz CT molecular complexity index is 575. The lowest BCUT2D eigenvalue weighted by Crippen LogP contribution is -2.44. The number of piperidine rings is 1. The quantitative estimate of drug-likeness (QED) is 0.862. The van der Waals surface area contributed by atoms with Gasteiger partial charge >= 0.3 is 0 Å². The molecule has 0 aromatic heterocycles. The molecule has 1 aromatic carbocycles. The van der Waals surface area contributed by atoms with Gasteiger partial charge in [0, 0.05) is 19.5 Å². The fourth-order valence-electron chi connectivity index (χ4n) is 3.79. The molecule has 2 heterocycles. The summed E-state index contributed by atoms with van der Waals surface area (Å²) < 4.78 is 0. The van der Waals surface area contributed by atoms with Gasteiger partial charge in [-0.2, -0.15) is 5.26 Å². The number of halogens is 1. The molecule has 2 aliphatic heterocycles. The molecule has 1 spiro atoms. The first kappa shape index (κ1) is 15.8. The molecule has 0 radical (unpaired) electrons. The van der Waals surface area contributed by atoms with Crippen LogP contribution < -0.4 is 5.32 Å². The Balaban J connectivity index is 0.00000161. The van der Waals surface area contributed by atoms with Crippen LogP contribution in [0.1, 0.15) is 29.9 Å². The van der Waals surface area contributed by atoms with E-state index in [0.717, 1.165) is 38.0 Å². The molecule has 21 heavy (non-hydrogen) atoms. The highest BCUT2D eigenvalue weighted by Crippen LogP contribution is 2.49. The number of carbonyl (C=O) groups excluding carboxylic acids is 1. The number of likely N-dealkylation sites (N-methyl/N-ethyl adjacent to an activating group) is 1. The number of amides is 1. The van der Waals surface area contributed by atoms with Crippen molar-refractivity contribution in [2.24, 2.45) is 5.41 Å². The lowest BCUT2D eigenvalue weighted by atomic mass is 9.67. The van der Waals surface area contributed by atoms with E-state index in [0.29, 0.717) is 5.56 Å². The number of hydrogen-bond acceptors (Lipinski definition) is 3. The first-order valence-corrected chi connectivity index (χ1v) is 7.14. The van der Waals surface area contributed by atoms with Crippen LogP contribution in [0.4, 0.5) is 0 Å². The molecule has 1 atom stereocenters. The molecule has 1 unspecified atom stereocenters. The van der Waals surface area contributed by atoms with Gasteiger partial charge in [-0.15, -0.1) is 12.4 Å². The van der Waals surface area contributed by atoms with Crippen LogP contribution in [0.25, 0.3) is 0 Å². The van der Waals surface area contributed by atoms with Crippen LogP contribution >= 0.6 is 12.4 Å². The molecular formula is C16H20ClN3O. The minimum Gasteiger partial charge on any atom is -0.345 e. The predicted molar refractivity (Wildman–Crippen MR) is 83.3 cm³/mol. The fourth-order valence-corrected chi connectivity index (χ4v) is 3.79. The zero-order chi connectivity index (χ0) is 14.2. The maximum Gasteiger partial charge on any atom is 0.229 e. The van der Waals surface area contributed by atoms with Gasteiger partial charge < -0.3 is 10.2 Å². The Labute approximate surface area is 131 Å². The first-order valence-electron chi connectivity index (χ1n) is 7.14. The van der Waals surface area contributed by atoms with Gasteiger partial charge in [0.2, 0.25) is 5.91 Å². The largest absolute Gasteiger partial charge is 0.345 e. The highest BCUT2D eigenvalue weighted by molar-refractivity contribution is 5.87. The second kappa shape index (κ2) is 6.05. The van der Waals surface area contributed by atoms with E-state index in [9.17, 15) is 10.1 Å². The summed E-state index contributed by atoms with van der Waals surface area (Å²) in [5.74, 6) is 0.384. The van der Waals surface area contributed by atoms with Gasteiger partial charge in [-0.25, -0.2) is 0 Å². The Kier molecular flexibility index (Phi) is 4.55. The number of benzene rings is 1. The Morgan fingerprint density at radius 2 is 2.00 bits per heavy atom. The summed E-state index contributed by atoms with van der Waals surface area (Å²) >= 11 is 0. The third kappa shape index (κ3) is 2.41. The zero-order valence-electron chi connectivity index (χ0n) is 12.1. The topological polar surface area (TPSA) is 56.1 Å². The van der Waals surface area contributed by atoms with E-state index in [-0.39, 0.29) is 29.6 Å². The summed E-state index contributed by atoms with van der Waals surface area (Å²) in [6.07, 6.45) is 1.72. The van der Waals surface area contributed by atoms with Crippen molar-refractivity contribution in [1.82, 2.24) is 10.2 Å². The molecule has 112 valence electrons. The van der Waals surface area contributed by atoms with Gasteiger partial charge in [-0.05, 0) is 37.6 Å². The van der Waals surface area contributed by atoms with Gasteiger partial charge in [-0.1, -0.05) is 18.2 Å². The van der Waals surface area contributed by atoms with Gasteiger partial charge in [0.25, 0.3) is 0 Å². The number of likely N-dealkylation sites (tertiary alicyclic amines) is 1. The summed E-state index contributed by atoms with van der Waals surface area (Å²) in [6.45, 7) is 2.48. The van der Waals surface area contributed by atoms with Crippen LogP contribution in [-0.4, -0.2) is 37.5 Å². The normalized spacial score (nSPS) is 23.7. The standard InChI is InChI=1S/C16H19N3O.ClH/c1-19-11-14(13-5-3-2-4-12(13)10-17)16(15(19)20)6-8-18-9-7-16;/h2-5,14,18H,6-9,11H2,1H3;1H. The Morgan fingerprint density at radius 3 is 2.67 bits per heavy atom. The second-order valence-corrected chi connectivity index (χ2v) is 5.84. The van der Waals surface area contributed by atoms with Crippen LogP contribution in [0, 0.1) is 16.7 Å². The SMILES string of the molecule is CN1CC(c2ccccc2C#N)C2(CCNCC2)C1=O.Cl. The average Bonchev–Trinajstić information content (AvgIpc) is 2.73. The smallest absolute Gasteiger partial charge is 0.229 e. The third-order valence-electron chi connectivity index (χ3n) is 4.85. The number of nitrogens with zero attached hydrogens (tertiary/aromatic N) is 2. The maximum atomic E-state index is 12.7. The number of nitrogens with one attached hydrogen (secondary N) is 1. The number of nitriles is 1. The minimum atomic E-state index is -0.313. The Morgan fingerprint density at radius 1 is 1.33 bits per heavy atom. The number of carbonyl (C=O) groups is 1. The van der Waals surface area contributed by atoms with E-state index in [2.05, 4.69) is 11.4 Å².